The second-order valence-electron chi connectivity index (χ2n) is 5.18. The number of likely N-dealkylation sites (tertiary alicyclic amines) is 1. The molecular weight excluding hydrogens is 172 g/mol. The molecule has 0 aliphatic carbocycles. The Hall–Kier alpha value is -0.0800. The van der Waals surface area contributed by atoms with Crippen molar-refractivity contribution in [2.24, 2.45) is 11.8 Å². The van der Waals surface area contributed by atoms with Crippen LogP contribution in [0.5, 0.6) is 0 Å². The van der Waals surface area contributed by atoms with E-state index in [9.17, 15) is 0 Å². The quantitative estimate of drug-likeness (QED) is 0.739. The average molecular weight is 196 g/mol. The number of nitrogens with zero attached hydrogens (tertiary/aromatic N) is 1. The fraction of sp³-hybridized carbons (Fsp3) is 1.00. The summed E-state index contributed by atoms with van der Waals surface area (Å²) < 4.78 is 0. The largest absolute Gasteiger partial charge is 0.316 e. The molecule has 0 aromatic carbocycles. The Morgan fingerprint density at radius 1 is 1.21 bits per heavy atom. The third kappa shape index (κ3) is 2.29. The summed E-state index contributed by atoms with van der Waals surface area (Å²) in [4.78, 5) is 2.73. The molecule has 2 nitrogen and oxygen atoms in total. The molecule has 2 rings (SSSR count). The van der Waals surface area contributed by atoms with Gasteiger partial charge in [0.15, 0.2) is 0 Å². The monoisotopic (exact) mass is 196 g/mol. The Bertz CT molecular complexity index is 175. The van der Waals surface area contributed by atoms with Crippen LogP contribution >= 0.6 is 0 Å². The molecule has 0 amide bonds. The second-order valence-corrected chi connectivity index (χ2v) is 5.18. The Labute approximate surface area is 88.1 Å². The number of piperidine rings is 1. The van der Waals surface area contributed by atoms with Gasteiger partial charge in [0.05, 0.1) is 0 Å². The minimum Gasteiger partial charge on any atom is -0.316 e. The van der Waals surface area contributed by atoms with Crippen molar-refractivity contribution in [1.82, 2.24) is 10.2 Å². The molecule has 0 saturated carbocycles. The molecule has 0 spiro atoms. The van der Waals surface area contributed by atoms with Gasteiger partial charge in [0.2, 0.25) is 0 Å². The van der Waals surface area contributed by atoms with E-state index in [-0.39, 0.29) is 0 Å². The smallest absolute Gasteiger partial charge is 0.00672 e. The zero-order valence-corrected chi connectivity index (χ0v) is 9.63. The Kier molecular flexibility index (Phi) is 3.45. The fourth-order valence-corrected chi connectivity index (χ4v) is 2.66. The third-order valence-corrected chi connectivity index (χ3v) is 4.04. The third-order valence-electron chi connectivity index (χ3n) is 4.04. The highest BCUT2D eigenvalue weighted by Crippen LogP contribution is 2.25. The topological polar surface area (TPSA) is 15.3 Å². The summed E-state index contributed by atoms with van der Waals surface area (Å²) in [6.07, 6.45) is 4.24. The number of hydrogen-bond acceptors (Lipinski definition) is 2. The van der Waals surface area contributed by atoms with E-state index in [1.165, 1.54) is 45.4 Å². The van der Waals surface area contributed by atoms with E-state index in [0.29, 0.717) is 0 Å². The first kappa shape index (κ1) is 10.4. The molecule has 14 heavy (non-hydrogen) atoms. The molecule has 2 aliphatic rings. The van der Waals surface area contributed by atoms with Gasteiger partial charge in [0.25, 0.3) is 0 Å². The summed E-state index contributed by atoms with van der Waals surface area (Å²) in [6.45, 7) is 9.93. The summed E-state index contributed by atoms with van der Waals surface area (Å²) in [5, 5.41) is 3.36. The van der Waals surface area contributed by atoms with Crippen LogP contribution in [0.1, 0.15) is 33.1 Å². The van der Waals surface area contributed by atoms with Crippen molar-refractivity contribution in [3.05, 3.63) is 0 Å². The molecule has 2 aliphatic heterocycles. The van der Waals surface area contributed by atoms with E-state index in [0.717, 1.165) is 17.9 Å². The molecule has 2 atom stereocenters. The number of hydrogen-bond donors (Lipinski definition) is 1. The van der Waals surface area contributed by atoms with Gasteiger partial charge in [-0.2, -0.15) is 0 Å². The highest BCUT2D eigenvalue weighted by molar-refractivity contribution is 4.84. The van der Waals surface area contributed by atoms with Gasteiger partial charge in [-0.15, -0.1) is 0 Å². The fourth-order valence-electron chi connectivity index (χ4n) is 2.66. The van der Waals surface area contributed by atoms with Crippen LogP contribution in [0.25, 0.3) is 0 Å². The molecule has 2 fully saturated rings. The summed E-state index contributed by atoms with van der Waals surface area (Å²) in [5.74, 6) is 1.91. The van der Waals surface area contributed by atoms with E-state index in [1.807, 2.05) is 0 Å². The molecule has 0 radical (unpaired) electrons. The van der Waals surface area contributed by atoms with Gasteiger partial charge in [-0.1, -0.05) is 13.3 Å². The summed E-state index contributed by atoms with van der Waals surface area (Å²) >= 11 is 0. The van der Waals surface area contributed by atoms with Crippen molar-refractivity contribution >= 4 is 0 Å². The van der Waals surface area contributed by atoms with Crippen LogP contribution in [0.4, 0.5) is 0 Å². The molecule has 2 saturated heterocycles. The average Bonchev–Trinajstić information content (AvgIpc) is 2.14. The highest BCUT2D eigenvalue weighted by atomic mass is 15.2. The van der Waals surface area contributed by atoms with Crippen LogP contribution in [-0.2, 0) is 0 Å². The standard InChI is InChI=1S/C12H24N2/c1-3-11-5-4-10(2)14(8-11)9-12-6-13-7-12/h10-13H,3-9H2,1-2H3/t10-,11-/m1/s1. The van der Waals surface area contributed by atoms with E-state index >= 15 is 0 Å². The van der Waals surface area contributed by atoms with Gasteiger partial charge < -0.3 is 10.2 Å². The lowest BCUT2D eigenvalue weighted by molar-refractivity contribution is 0.0851. The van der Waals surface area contributed by atoms with E-state index in [1.54, 1.807) is 0 Å². The normalized spacial score (nSPS) is 35.6. The predicted molar refractivity (Wildman–Crippen MR) is 60.4 cm³/mol. The molecule has 0 unspecified atom stereocenters. The van der Waals surface area contributed by atoms with E-state index < -0.39 is 0 Å². The zero-order chi connectivity index (χ0) is 9.97. The minimum atomic E-state index is 0.832. The van der Waals surface area contributed by atoms with Gasteiger partial charge in [-0.05, 0) is 31.6 Å². The first-order valence-corrected chi connectivity index (χ1v) is 6.24. The van der Waals surface area contributed by atoms with Crippen molar-refractivity contribution in [1.29, 1.82) is 0 Å². The molecule has 1 N–H and O–H groups in total. The van der Waals surface area contributed by atoms with Crippen molar-refractivity contribution in [2.75, 3.05) is 26.2 Å². The van der Waals surface area contributed by atoms with Gasteiger partial charge >= 0.3 is 0 Å². The lowest BCUT2D eigenvalue weighted by atomic mass is 9.90. The van der Waals surface area contributed by atoms with Crippen molar-refractivity contribution in [3.63, 3.8) is 0 Å². The maximum atomic E-state index is 3.36. The summed E-state index contributed by atoms with van der Waals surface area (Å²) in [7, 11) is 0. The molecule has 0 aromatic heterocycles. The van der Waals surface area contributed by atoms with Crippen LogP contribution in [0, 0.1) is 11.8 Å². The summed E-state index contributed by atoms with van der Waals surface area (Å²) in [5.41, 5.74) is 0. The first-order chi connectivity index (χ1) is 6.79. The van der Waals surface area contributed by atoms with Crippen LogP contribution in [0.3, 0.4) is 0 Å². The maximum Gasteiger partial charge on any atom is 0.00672 e. The molecule has 2 heteroatoms. The molecule has 2 heterocycles. The van der Waals surface area contributed by atoms with Crippen molar-refractivity contribution in [3.8, 4) is 0 Å². The molecule has 0 aromatic rings. The lowest BCUT2D eigenvalue weighted by Crippen LogP contribution is -2.52. The van der Waals surface area contributed by atoms with Crippen LogP contribution < -0.4 is 5.32 Å². The number of nitrogens with one attached hydrogen (secondary N) is 1. The van der Waals surface area contributed by atoms with Crippen LogP contribution in [-0.4, -0.2) is 37.1 Å². The Balaban J connectivity index is 1.80. The van der Waals surface area contributed by atoms with E-state index in [4.69, 9.17) is 0 Å². The van der Waals surface area contributed by atoms with Crippen molar-refractivity contribution < 1.29 is 0 Å². The van der Waals surface area contributed by atoms with Crippen LogP contribution in [0.2, 0.25) is 0 Å². The van der Waals surface area contributed by atoms with Gasteiger partial charge in [0.1, 0.15) is 0 Å². The Morgan fingerprint density at radius 3 is 2.57 bits per heavy atom. The highest BCUT2D eigenvalue weighted by Gasteiger charge is 2.28. The van der Waals surface area contributed by atoms with Crippen LogP contribution in [0.15, 0.2) is 0 Å². The van der Waals surface area contributed by atoms with Gasteiger partial charge in [-0.3, -0.25) is 0 Å². The minimum absolute atomic E-state index is 0.832. The van der Waals surface area contributed by atoms with E-state index in [2.05, 4.69) is 24.1 Å². The maximum absolute atomic E-state index is 3.36. The van der Waals surface area contributed by atoms with Crippen molar-refractivity contribution in [2.45, 2.75) is 39.2 Å². The lowest BCUT2D eigenvalue weighted by Gasteiger charge is -2.41. The number of rotatable bonds is 3. The zero-order valence-electron chi connectivity index (χ0n) is 9.63. The second kappa shape index (κ2) is 4.63. The molecule has 82 valence electrons. The molecular formula is C12H24N2. The van der Waals surface area contributed by atoms with Gasteiger partial charge in [-0.25, -0.2) is 0 Å². The predicted octanol–water partition coefficient (Wildman–Crippen LogP) is 1.72. The Morgan fingerprint density at radius 2 is 2.00 bits per heavy atom. The van der Waals surface area contributed by atoms with Gasteiger partial charge in [0, 0.05) is 32.2 Å². The SMILES string of the molecule is CC[C@@H]1CC[C@@H](C)N(CC2CNC2)C1. The first-order valence-electron chi connectivity index (χ1n) is 6.24. The summed E-state index contributed by atoms with van der Waals surface area (Å²) in [6, 6.07) is 0.832. The molecule has 0 bridgehead atoms.